The Labute approximate surface area is 130 Å². The fourth-order valence-electron chi connectivity index (χ4n) is 3.06. The lowest BCUT2D eigenvalue weighted by Gasteiger charge is -2.16. The van der Waals surface area contributed by atoms with Crippen molar-refractivity contribution in [3.8, 4) is 0 Å². The van der Waals surface area contributed by atoms with Crippen molar-refractivity contribution in [2.24, 2.45) is 0 Å². The summed E-state index contributed by atoms with van der Waals surface area (Å²) in [6.45, 7) is 4.78. The van der Waals surface area contributed by atoms with Crippen LogP contribution in [0.25, 0.3) is 0 Å². The number of fused-ring (bicyclic) bond motifs is 2. The maximum absolute atomic E-state index is 12.8. The van der Waals surface area contributed by atoms with E-state index in [0.717, 1.165) is 25.2 Å². The first kappa shape index (κ1) is 14.7. The summed E-state index contributed by atoms with van der Waals surface area (Å²) in [5, 5.41) is 0. The Balaban J connectivity index is 1.99. The van der Waals surface area contributed by atoms with E-state index in [4.69, 9.17) is 0 Å². The summed E-state index contributed by atoms with van der Waals surface area (Å²) >= 11 is 0. The fraction of sp³-hybridized carbons (Fsp3) is 0.389. The minimum atomic E-state index is -0.138. The van der Waals surface area contributed by atoms with E-state index in [-0.39, 0.29) is 11.6 Å². The lowest BCUT2D eigenvalue weighted by atomic mass is 9.90. The van der Waals surface area contributed by atoms with E-state index in [1.807, 2.05) is 11.5 Å². The molecule has 1 aliphatic carbocycles. The number of benzene rings is 1. The predicted octanol–water partition coefficient (Wildman–Crippen LogP) is 3.55. The molecule has 0 radical (unpaired) electrons. The van der Waals surface area contributed by atoms with Gasteiger partial charge in [0.25, 0.3) is 0 Å². The summed E-state index contributed by atoms with van der Waals surface area (Å²) in [5.74, 6) is 0.526. The topological polar surface area (TPSA) is 52.0 Å². The molecule has 3 rings (SSSR count). The number of ketones is 2. The first-order valence-electron chi connectivity index (χ1n) is 7.90. The molecule has 1 aromatic carbocycles. The van der Waals surface area contributed by atoms with E-state index >= 15 is 0 Å². The van der Waals surface area contributed by atoms with Crippen molar-refractivity contribution < 1.29 is 9.59 Å². The minimum absolute atomic E-state index is 0.0821. The molecule has 4 nitrogen and oxygen atoms in total. The van der Waals surface area contributed by atoms with E-state index in [0.29, 0.717) is 22.5 Å². The van der Waals surface area contributed by atoms with Crippen LogP contribution in [0.2, 0.25) is 0 Å². The lowest BCUT2D eigenvalue weighted by Crippen LogP contribution is -2.23. The van der Waals surface area contributed by atoms with Crippen LogP contribution >= 0.6 is 0 Å². The van der Waals surface area contributed by atoms with Gasteiger partial charge in [0.05, 0.1) is 0 Å². The van der Waals surface area contributed by atoms with Crippen LogP contribution in [0.5, 0.6) is 0 Å². The van der Waals surface area contributed by atoms with Gasteiger partial charge in [-0.2, -0.15) is 0 Å². The molecular formula is C18H20N2O2. The monoisotopic (exact) mass is 296 g/mol. The van der Waals surface area contributed by atoms with E-state index in [1.165, 1.54) is 12.8 Å². The molecule has 1 aromatic heterocycles. The highest BCUT2D eigenvalue weighted by Gasteiger charge is 2.34. The van der Waals surface area contributed by atoms with Crippen LogP contribution in [0.15, 0.2) is 24.3 Å². The van der Waals surface area contributed by atoms with Crippen LogP contribution in [-0.4, -0.2) is 21.1 Å². The molecule has 114 valence electrons. The van der Waals surface area contributed by atoms with Crippen molar-refractivity contribution in [2.75, 3.05) is 0 Å². The zero-order valence-corrected chi connectivity index (χ0v) is 13.1. The summed E-state index contributed by atoms with van der Waals surface area (Å²) in [6.07, 6.45) is 4.49. The van der Waals surface area contributed by atoms with Gasteiger partial charge in [0.15, 0.2) is 0 Å². The molecule has 0 N–H and O–H groups in total. The van der Waals surface area contributed by atoms with Gasteiger partial charge in [0.2, 0.25) is 11.6 Å². The molecule has 0 unspecified atom stereocenters. The van der Waals surface area contributed by atoms with Gasteiger partial charge in [0.1, 0.15) is 17.2 Å². The number of rotatable bonds is 5. The summed E-state index contributed by atoms with van der Waals surface area (Å²) < 4.78 is 1.92. The minimum Gasteiger partial charge on any atom is -0.325 e. The molecule has 0 bridgehead atoms. The standard InChI is InChI=1S/C18H20N2O2/c1-3-4-5-8-11-20-12(2)19-15-16(20)18(22)14-10-7-6-9-13(14)17(15)21/h6-7,9-10H,3-5,8,11H2,1-2H3. The zero-order chi connectivity index (χ0) is 15.7. The van der Waals surface area contributed by atoms with Gasteiger partial charge in [0, 0.05) is 17.7 Å². The molecule has 0 fully saturated rings. The maximum Gasteiger partial charge on any atom is 0.214 e. The van der Waals surface area contributed by atoms with Crippen LogP contribution in [0.3, 0.4) is 0 Å². The van der Waals surface area contributed by atoms with Crippen LogP contribution in [0.4, 0.5) is 0 Å². The van der Waals surface area contributed by atoms with Crippen LogP contribution in [0, 0.1) is 6.92 Å². The SMILES string of the molecule is CCCCCCn1c(C)nc2c1C(=O)c1ccccc1C2=O. The number of hydrogen-bond acceptors (Lipinski definition) is 3. The molecule has 0 spiro atoms. The third-order valence-electron chi connectivity index (χ3n) is 4.24. The Bertz CT molecular complexity index is 744. The van der Waals surface area contributed by atoms with Crippen molar-refractivity contribution >= 4 is 11.6 Å². The number of unbranched alkanes of at least 4 members (excludes halogenated alkanes) is 3. The smallest absolute Gasteiger partial charge is 0.214 e. The number of imidazole rings is 1. The second kappa shape index (κ2) is 5.87. The van der Waals surface area contributed by atoms with E-state index in [9.17, 15) is 9.59 Å². The maximum atomic E-state index is 12.8. The quantitative estimate of drug-likeness (QED) is 0.677. The van der Waals surface area contributed by atoms with Crippen molar-refractivity contribution in [1.82, 2.24) is 9.55 Å². The Morgan fingerprint density at radius 3 is 2.36 bits per heavy atom. The summed E-state index contributed by atoms with van der Waals surface area (Å²) in [6, 6.07) is 7.00. The summed E-state index contributed by atoms with van der Waals surface area (Å²) in [4.78, 5) is 29.7. The Hall–Kier alpha value is -2.23. The number of aryl methyl sites for hydroxylation is 1. The van der Waals surface area contributed by atoms with Gasteiger partial charge < -0.3 is 4.57 Å². The first-order valence-corrected chi connectivity index (χ1v) is 7.90. The van der Waals surface area contributed by atoms with Crippen LogP contribution in [-0.2, 0) is 6.54 Å². The molecular weight excluding hydrogens is 276 g/mol. The Morgan fingerprint density at radius 2 is 1.68 bits per heavy atom. The molecule has 4 heteroatoms. The highest BCUT2D eigenvalue weighted by Crippen LogP contribution is 2.28. The van der Waals surface area contributed by atoms with Crippen molar-refractivity contribution in [3.05, 3.63) is 52.6 Å². The van der Waals surface area contributed by atoms with Crippen LogP contribution < -0.4 is 0 Å². The number of aromatic nitrogens is 2. The molecule has 1 heterocycles. The third-order valence-corrected chi connectivity index (χ3v) is 4.24. The normalized spacial score (nSPS) is 13.2. The number of hydrogen-bond donors (Lipinski definition) is 0. The lowest BCUT2D eigenvalue weighted by molar-refractivity contribution is 0.0970. The molecule has 1 aliphatic rings. The van der Waals surface area contributed by atoms with Gasteiger partial charge >= 0.3 is 0 Å². The van der Waals surface area contributed by atoms with E-state index in [2.05, 4.69) is 11.9 Å². The molecule has 2 aromatic rings. The Morgan fingerprint density at radius 1 is 1.00 bits per heavy atom. The first-order chi connectivity index (χ1) is 10.6. The van der Waals surface area contributed by atoms with Crippen molar-refractivity contribution in [2.45, 2.75) is 46.1 Å². The molecule has 0 saturated heterocycles. The number of nitrogens with zero attached hydrogens (tertiary/aromatic N) is 2. The number of carbonyl (C=O) groups excluding carboxylic acids is 2. The zero-order valence-electron chi connectivity index (χ0n) is 13.1. The third kappa shape index (κ3) is 2.28. The molecule has 0 aliphatic heterocycles. The highest BCUT2D eigenvalue weighted by molar-refractivity contribution is 6.27. The second-order valence-corrected chi connectivity index (χ2v) is 5.77. The summed E-state index contributed by atoms with van der Waals surface area (Å²) in [7, 11) is 0. The Kier molecular flexibility index (Phi) is 3.92. The van der Waals surface area contributed by atoms with E-state index in [1.54, 1.807) is 24.3 Å². The average Bonchev–Trinajstić information content (AvgIpc) is 2.86. The summed E-state index contributed by atoms with van der Waals surface area (Å²) in [5.41, 5.74) is 1.75. The van der Waals surface area contributed by atoms with Gasteiger partial charge in [-0.1, -0.05) is 50.5 Å². The largest absolute Gasteiger partial charge is 0.325 e. The molecule has 22 heavy (non-hydrogen) atoms. The van der Waals surface area contributed by atoms with Crippen molar-refractivity contribution in [1.29, 1.82) is 0 Å². The molecule has 0 saturated carbocycles. The van der Waals surface area contributed by atoms with Crippen LogP contribution in [0.1, 0.15) is 70.5 Å². The van der Waals surface area contributed by atoms with E-state index < -0.39 is 0 Å². The van der Waals surface area contributed by atoms with Crippen molar-refractivity contribution in [3.63, 3.8) is 0 Å². The predicted molar refractivity (Wildman–Crippen MR) is 84.4 cm³/mol. The van der Waals surface area contributed by atoms with Gasteiger partial charge in [-0.3, -0.25) is 9.59 Å². The molecule has 0 atom stereocenters. The molecule has 0 amide bonds. The average molecular weight is 296 g/mol. The van der Waals surface area contributed by atoms with Gasteiger partial charge in [-0.05, 0) is 13.3 Å². The highest BCUT2D eigenvalue weighted by atomic mass is 16.1. The number of carbonyl (C=O) groups is 2. The second-order valence-electron chi connectivity index (χ2n) is 5.77. The van der Waals surface area contributed by atoms with Gasteiger partial charge in [-0.15, -0.1) is 0 Å². The fourth-order valence-corrected chi connectivity index (χ4v) is 3.06. The van der Waals surface area contributed by atoms with Gasteiger partial charge in [-0.25, -0.2) is 4.98 Å².